The Hall–Kier alpha value is -6.06. The summed E-state index contributed by atoms with van der Waals surface area (Å²) in [4.78, 5) is 99.3. The highest BCUT2D eigenvalue weighted by Crippen LogP contribution is 2.13. The van der Waals surface area contributed by atoms with Gasteiger partial charge in [0.1, 0.15) is 24.2 Å². The van der Waals surface area contributed by atoms with Gasteiger partial charge in [0.25, 0.3) is 0 Å². The third-order valence-electron chi connectivity index (χ3n) is 9.97. The van der Waals surface area contributed by atoms with Crippen molar-refractivity contribution < 1.29 is 43.5 Å². The molecule has 7 amide bonds. The van der Waals surface area contributed by atoms with Crippen molar-refractivity contribution in [3.05, 3.63) is 83.9 Å². The van der Waals surface area contributed by atoms with Crippen LogP contribution in [0.2, 0.25) is 0 Å². The van der Waals surface area contributed by atoms with Gasteiger partial charge in [0.05, 0.1) is 6.42 Å². The van der Waals surface area contributed by atoms with E-state index in [2.05, 4.69) is 26.6 Å². The van der Waals surface area contributed by atoms with E-state index in [1.807, 2.05) is 44.2 Å². The fourth-order valence-electron chi connectivity index (χ4n) is 6.37. The van der Waals surface area contributed by atoms with Crippen LogP contribution in [0.5, 0.6) is 0 Å². The zero-order valence-corrected chi connectivity index (χ0v) is 34.8. The van der Waals surface area contributed by atoms with Crippen LogP contribution < -0.4 is 38.1 Å². The minimum atomic E-state index is -1.34. The largest absolute Gasteiger partial charge is 0.478 e. The molecule has 328 valence electrons. The van der Waals surface area contributed by atoms with Crippen LogP contribution in [0.15, 0.2) is 72.8 Å². The number of amides is 7. The molecule has 2 aromatic carbocycles. The molecule has 0 unspecified atom stereocenters. The molecule has 5 atom stereocenters. The van der Waals surface area contributed by atoms with Gasteiger partial charge in [-0.1, -0.05) is 126 Å². The van der Waals surface area contributed by atoms with Gasteiger partial charge in [-0.05, 0) is 29.9 Å². The molecular weight excluding hydrogens is 771 g/mol. The second-order valence-electron chi connectivity index (χ2n) is 15.0. The second-order valence-corrected chi connectivity index (χ2v) is 15.0. The van der Waals surface area contributed by atoms with E-state index >= 15 is 0 Å². The molecule has 16 heteroatoms. The molecule has 16 nitrogen and oxygen atoms in total. The van der Waals surface area contributed by atoms with Gasteiger partial charge in [-0.25, -0.2) is 4.79 Å². The topological polar surface area (TPSA) is 269 Å². The SMILES string of the molecule is CC[C@@H](C)[C@H](NC(=O)CCCCCCCCCCCNC(=O)[C@@H](CC(N)=O)NC(=O)[C@H](Cc1ccccc1)NC(=O)/C=C/C(=O)O)C(=O)N[C@@H](Cc1ccccc1)C(N)=O. The van der Waals surface area contributed by atoms with Gasteiger partial charge in [-0.2, -0.15) is 0 Å². The number of hydrogen-bond acceptors (Lipinski definition) is 8. The van der Waals surface area contributed by atoms with Crippen LogP contribution >= 0.6 is 0 Å². The third kappa shape index (κ3) is 21.1. The number of carboxylic acids is 1. The summed E-state index contributed by atoms with van der Waals surface area (Å²) < 4.78 is 0. The lowest BCUT2D eigenvalue weighted by Gasteiger charge is -2.26. The van der Waals surface area contributed by atoms with Crippen molar-refractivity contribution in [2.24, 2.45) is 17.4 Å². The van der Waals surface area contributed by atoms with Crippen molar-refractivity contribution in [1.29, 1.82) is 0 Å². The van der Waals surface area contributed by atoms with E-state index in [1.54, 1.807) is 30.3 Å². The lowest BCUT2D eigenvalue weighted by Crippen LogP contribution is -2.55. The first kappa shape index (κ1) is 50.1. The maximum absolute atomic E-state index is 13.2. The van der Waals surface area contributed by atoms with Crippen molar-refractivity contribution in [3.63, 3.8) is 0 Å². The Balaban J connectivity index is 1.69. The molecule has 0 radical (unpaired) electrons. The van der Waals surface area contributed by atoms with Gasteiger partial charge < -0.3 is 43.2 Å². The van der Waals surface area contributed by atoms with Gasteiger partial charge in [-0.15, -0.1) is 0 Å². The summed E-state index contributed by atoms with van der Waals surface area (Å²) in [6, 6.07) is 13.9. The van der Waals surface area contributed by atoms with Crippen molar-refractivity contribution in [1.82, 2.24) is 26.6 Å². The molecule has 0 spiro atoms. The number of rotatable bonds is 30. The molecule has 10 N–H and O–H groups in total. The lowest BCUT2D eigenvalue weighted by atomic mass is 9.97. The summed E-state index contributed by atoms with van der Waals surface area (Å²) in [6.45, 7) is 4.13. The lowest BCUT2D eigenvalue weighted by molar-refractivity contribution is -0.133. The fourth-order valence-corrected chi connectivity index (χ4v) is 6.37. The Morgan fingerprint density at radius 2 is 1.13 bits per heavy atom. The zero-order chi connectivity index (χ0) is 44.3. The van der Waals surface area contributed by atoms with Crippen molar-refractivity contribution in [2.75, 3.05) is 6.54 Å². The molecule has 0 fully saturated rings. The molecule has 60 heavy (non-hydrogen) atoms. The number of hydrogen-bond donors (Lipinski definition) is 8. The van der Waals surface area contributed by atoms with Gasteiger partial charge in [0, 0.05) is 38.0 Å². The number of carbonyl (C=O) groups is 8. The Morgan fingerprint density at radius 1 is 0.617 bits per heavy atom. The standard InChI is InChI=1S/C44H63N7O9/c1-3-30(2)40(44(60)49-33(41(46)57)27-31-19-13-11-14-20-31)51-37(53)23-17-9-7-5-4-6-8-10-18-26-47-42(58)35(29-36(45)52)50-43(59)34(28-32-21-15-12-16-22-32)48-38(54)24-25-39(55)56/h11-16,19-22,24-25,30,33-35,40H,3-10,17-18,23,26-29H2,1-2H3,(H2,45,52)(H2,46,57)(H,47,58)(H,48,54)(H,49,60)(H,50,59)(H,51,53)(H,55,56)/b25-24+/t30-,33+,34+,35-,40+/m1/s1. The van der Waals surface area contributed by atoms with Gasteiger partial charge >= 0.3 is 5.97 Å². The molecule has 2 aromatic rings. The number of benzene rings is 2. The summed E-state index contributed by atoms with van der Waals surface area (Å²) in [5.41, 5.74) is 12.5. The Labute approximate surface area is 352 Å². The minimum Gasteiger partial charge on any atom is -0.478 e. The highest BCUT2D eigenvalue weighted by atomic mass is 16.4. The highest BCUT2D eigenvalue weighted by molar-refractivity contribution is 5.98. The van der Waals surface area contributed by atoms with E-state index in [4.69, 9.17) is 16.6 Å². The quantitative estimate of drug-likeness (QED) is 0.0424. The molecule has 0 heterocycles. The first-order chi connectivity index (χ1) is 28.7. The van der Waals surface area contributed by atoms with E-state index in [9.17, 15) is 38.4 Å². The molecule has 0 aliphatic carbocycles. The highest BCUT2D eigenvalue weighted by Gasteiger charge is 2.30. The smallest absolute Gasteiger partial charge is 0.328 e. The molecule has 0 saturated heterocycles. The monoisotopic (exact) mass is 833 g/mol. The molecule has 0 saturated carbocycles. The van der Waals surface area contributed by atoms with E-state index < -0.39 is 72.0 Å². The summed E-state index contributed by atoms with van der Waals surface area (Å²) in [5.74, 6) is -5.75. The van der Waals surface area contributed by atoms with E-state index in [-0.39, 0.29) is 31.1 Å². The van der Waals surface area contributed by atoms with Crippen LogP contribution in [0.25, 0.3) is 0 Å². The average molecular weight is 834 g/mol. The van der Waals surface area contributed by atoms with Crippen LogP contribution in [0, 0.1) is 5.92 Å². The maximum atomic E-state index is 13.2. The van der Waals surface area contributed by atoms with Crippen LogP contribution in [-0.4, -0.2) is 83.1 Å². The molecule has 0 aliphatic heterocycles. The predicted molar refractivity (Wildman–Crippen MR) is 226 cm³/mol. The summed E-state index contributed by atoms with van der Waals surface area (Å²) in [5, 5.41) is 22.1. The Kier molecular flexibility index (Phi) is 23.7. The van der Waals surface area contributed by atoms with E-state index in [1.165, 1.54) is 0 Å². The molecule has 0 aliphatic rings. The maximum Gasteiger partial charge on any atom is 0.328 e. The number of primary amides is 2. The molecule has 0 bridgehead atoms. The fraction of sp³-hybridized carbons (Fsp3) is 0.500. The minimum absolute atomic E-state index is 0.0418. The predicted octanol–water partition coefficient (Wildman–Crippen LogP) is 2.48. The van der Waals surface area contributed by atoms with Crippen LogP contribution in [-0.2, 0) is 51.2 Å². The second kappa shape index (κ2) is 28.4. The Morgan fingerprint density at radius 3 is 1.65 bits per heavy atom. The number of unbranched alkanes of at least 4 members (excludes halogenated alkanes) is 8. The number of aliphatic carboxylic acids is 1. The van der Waals surface area contributed by atoms with Crippen LogP contribution in [0.4, 0.5) is 0 Å². The first-order valence-corrected chi connectivity index (χ1v) is 20.7. The average Bonchev–Trinajstić information content (AvgIpc) is 3.21. The van der Waals surface area contributed by atoms with Gasteiger partial charge in [-0.3, -0.25) is 33.6 Å². The van der Waals surface area contributed by atoms with Crippen molar-refractivity contribution in [2.45, 2.75) is 128 Å². The van der Waals surface area contributed by atoms with Crippen molar-refractivity contribution >= 4 is 47.3 Å². The molecule has 0 aromatic heterocycles. The van der Waals surface area contributed by atoms with Gasteiger partial charge in [0.2, 0.25) is 41.4 Å². The number of nitrogens with one attached hydrogen (secondary N) is 5. The number of carboxylic acid groups (broad SMARTS) is 1. The number of nitrogens with two attached hydrogens (primary N) is 2. The zero-order valence-electron chi connectivity index (χ0n) is 34.8. The van der Waals surface area contributed by atoms with Crippen LogP contribution in [0.3, 0.4) is 0 Å². The third-order valence-corrected chi connectivity index (χ3v) is 9.97. The molecular formula is C44H63N7O9. The Bertz CT molecular complexity index is 1720. The first-order valence-electron chi connectivity index (χ1n) is 20.7. The number of carbonyl (C=O) groups excluding carboxylic acids is 7. The summed E-state index contributed by atoms with van der Waals surface area (Å²) in [6.07, 6.45) is 10.2. The summed E-state index contributed by atoms with van der Waals surface area (Å²) in [7, 11) is 0. The normalized spacial score (nSPS) is 13.5. The molecule has 2 rings (SSSR count). The van der Waals surface area contributed by atoms with Crippen LogP contribution in [0.1, 0.15) is 102 Å². The summed E-state index contributed by atoms with van der Waals surface area (Å²) >= 11 is 0. The van der Waals surface area contributed by atoms with E-state index in [0.717, 1.165) is 56.6 Å². The van der Waals surface area contributed by atoms with E-state index in [0.29, 0.717) is 37.4 Å². The van der Waals surface area contributed by atoms with Gasteiger partial charge in [0.15, 0.2) is 0 Å². The van der Waals surface area contributed by atoms with Crippen molar-refractivity contribution in [3.8, 4) is 0 Å².